The molecule has 0 saturated carbocycles. The fraction of sp³-hybridized carbons (Fsp3) is 0.833. The summed E-state index contributed by atoms with van der Waals surface area (Å²) in [5.74, 6) is 0. The molecule has 0 aromatic carbocycles. The van der Waals surface area contributed by atoms with Gasteiger partial charge < -0.3 is 29.8 Å². The Kier molecular flexibility index (Phi) is 10.8. The van der Waals surface area contributed by atoms with Crippen molar-refractivity contribution in [2.24, 2.45) is 0 Å². The minimum absolute atomic E-state index is 0. The molecule has 4 atom stereocenters. The second-order valence-corrected chi connectivity index (χ2v) is 4.11. The molecule has 0 aliphatic heterocycles. The van der Waals surface area contributed by atoms with Gasteiger partial charge in [-0.1, -0.05) is 0 Å². The topological polar surface area (TPSA) is 167 Å². The van der Waals surface area contributed by atoms with Gasteiger partial charge in [-0.15, -0.1) is 0 Å². The number of rotatable bonds is 7. The molecule has 0 amide bonds. The van der Waals surface area contributed by atoms with Crippen molar-refractivity contribution in [3.05, 3.63) is 0 Å². The number of nitrogens with one attached hydrogen (secondary N) is 1. The summed E-state index contributed by atoms with van der Waals surface area (Å²) in [5, 5.41) is 35.7. The molecule has 11 heteroatoms. The van der Waals surface area contributed by atoms with Crippen LogP contribution in [-0.4, -0.2) is 70.6 Å². The second kappa shape index (κ2) is 9.01. The van der Waals surface area contributed by atoms with Gasteiger partial charge in [0.25, 0.3) is 0 Å². The van der Waals surface area contributed by atoms with Crippen molar-refractivity contribution < 1.29 is 89.6 Å². The van der Waals surface area contributed by atoms with Gasteiger partial charge in [-0.2, -0.15) is 0 Å². The van der Waals surface area contributed by atoms with Gasteiger partial charge in [-0.25, -0.2) is 13.1 Å². The Bertz CT molecular complexity index is 322. The SMILES string of the molecule is O=C[C@H](NS(=O)(=O)[O-])[C@@H](O)[C@H](O)[C@H](O)CO.[K+]. The van der Waals surface area contributed by atoms with Crippen LogP contribution in [-0.2, 0) is 15.1 Å². The molecular formula is C6H12KNO8S. The van der Waals surface area contributed by atoms with Gasteiger partial charge in [-0.05, 0) is 0 Å². The van der Waals surface area contributed by atoms with E-state index in [1.54, 1.807) is 0 Å². The van der Waals surface area contributed by atoms with Crippen LogP contribution in [0.2, 0.25) is 0 Å². The summed E-state index contributed by atoms with van der Waals surface area (Å²) in [4.78, 5) is 10.4. The summed E-state index contributed by atoms with van der Waals surface area (Å²) in [6.45, 7) is -0.909. The molecule has 17 heavy (non-hydrogen) atoms. The molecule has 0 radical (unpaired) electrons. The normalized spacial score (nSPS) is 18.6. The van der Waals surface area contributed by atoms with Crippen molar-refractivity contribution >= 4 is 16.6 Å². The van der Waals surface area contributed by atoms with E-state index in [1.165, 1.54) is 4.72 Å². The van der Waals surface area contributed by atoms with E-state index in [0.29, 0.717) is 0 Å². The Morgan fingerprint density at radius 3 is 2.00 bits per heavy atom. The Morgan fingerprint density at radius 2 is 1.71 bits per heavy atom. The number of aldehydes is 1. The Labute approximate surface area is 140 Å². The van der Waals surface area contributed by atoms with Crippen LogP contribution in [0.25, 0.3) is 0 Å². The van der Waals surface area contributed by atoms with E-state index in [-0.39, 0.29) is 57.7 Å². The summed E-state index contributed by atoms with van der Waals surface area (Å²) in [6, 6.07) is -1.90. The van der Waals surface area contributed by atoms with Gasteiger partial charge in [0, 0.05) is 0 Å². The largest absolute Gasteiger partial charge is 1.00 e. The average molecular weight is 297 g/mol. The predicted molar refractivity (Wildman–Crippen MR) is 47.8 cm³/mol. The van der Waals surface area contributed by atoms with Crippen LogP contribution >= 0.6 is 0 Å². The Balaban J connectivity index is 0. The summed E-state index contributed by atoms with van der Waals surface area (Å²) in [7, 11) is -4.99. The van der Waals surface area contributed by atoms with Gasteiger partial charge >= 0.3 is 51.4 Å². The maximum Gasteiger partial charge on any atom is 1.00 e. The van der Waals surface area contributed by atoms with E-state index in [9.17, 15) is 22.9 Å². The van der Waals surface area contributed by atoms with Crippen LogP contribution < -0.4 is 56.1 Å². The molecule has 0 aromatic rings. The fourth-order valence-corrected chi connectivity index (χ4v) is 1.42. The zero-order valence-electron chi connectivity index (χ0n) is 8.92. The van der Waals surface area contributed by atoms with Crippen LogP contribution in [0.5, 0.6) is 0 Å². The van der Waals surface area contributed by atoms with Crippen LogP contribution in [0.3, 0.4) is 0 Å². The molecule has 0 aliphatic rings. The van der Waals surface area contributed by atoms with Crippen molar-refractivity contribution in [2.75, 3.05) is 6.61 Å². The summed E-state index contributed by atoms with van der Waals surface area (Å²) in [6.07, 6.45) is -5.92. The fourth-order valence-electron chi connectivity index (χ4n) is 0.893. The molecule has 9 nitrogen and oxygen atoms in total. The molecule has 0 rings (SSSR count). The van der Waals surface area contributed by atoms with Crippen molar-refractivity contribution in [3.8, 4) is 0 Å². The van der Waals surface area contributed by atoms with Crippen molar-refractivity contribution in [1.82, 2.24) is 4.72 Å². The first kappa shape index (κ1) is 20.3. The quantitative estimate of drug-likeness (QED) is 0.175. The molecule has 0 spiro atoms. The molecule has 0 saturated heterocycles. The minimum Gasteiger partial charge on any atom is -0.735 e. The van der Waals surface area contributed by atoms with Crippen LogP contribution in [0.1, 0.15) is 0 Å². The van der Waals surface area contributed by atoms with E-state index < -0.39 is 41.3 Å². The van der Waals surface area contributed by atoms with Gasteiger partial charge in [0.05, 0.1) is 6.61 Å². The van der Waals surface area contributed by atoms with E-state index in [1.807, 2.05) is 0 Å². The Hall–Kier alpha value is 1.02. The maximum absolute atomic E-state index is 10.4. The number of carbonyl (C=O) groups is 1. The number of carbonyl (C=O) groups excluding carboxylic acids is 1. The average Bonchev–Trinajstić information content (AvgIpc) is 2.21. The maximum atomic E-state index is 10.4. The molecule has 5 N–H and O–H groups in total. The molecule has 0 aromatic heterocycles. The van der Waals surface area contributed by atoms with Crippen LogP contribution in [0.15, 0.2) is 0 Å². The molecule has 0 fully saturated rings. The van der Waals surface area contributed by atoms with Crippen LogP contribution in [0, 0.1) is 0 Å². The number of hydrogen-bond acceptors (Lipinski definition) is 8. The first-order chi connectivity index (χ1) is 7.22. The van der Waals surface area contributed by atoms with E-state index in [4.69, 9.17) is 15.3 Å². The third-order valence-electron chi connectivity index (χ3n) is 1.73. The number of aliphatic hydroxyl groups excluding tert-OH is 4. The van der Waals surface area contributed by atoms with E-state index >= 15 is 0 Å². The molecule has 0 unspecified atom stereocenters. The van der Waals surface area contributed by atoms with Crippen molar-refractivity contribution in [3.63, 3.8) is 0 Å². The Morgan fingerprint density at radius 1 is 1.24 bits per heavy atom. The van der Waals surface area contributed by atoms with E-state index in [2.05, 4.69) is 0 Å². The minimum atomic E-state index is -4.99. The van der Waals surface area contributed by atoms with Gasteiger partial charge in [0.2, 0.25) is 0 Å². The first-order valence-electron chi connectivity index (χ1n) is 4.06. The van der Waals surface area contributed by atoms with Crippen molar-refractivity contribution in [1.29, 1.82) is 0 Å². The smallest absolute Gasteiger partial charge is 0.735 e. The summed E-state index contributed by atoms with van der Waals surface area (Å²) in [5.41, 5.74) is 0. The van der Waals surface area contributed by atoms with Gasteiger partial charge in [0.1, 0.15) is 30.6 Å². The molecule has 0 heterocycles. The summed E-state index contributed by atoms with van der Waals surface area (Å²) < 4.78 is 31.9. The van der Waals surface area contributed by atoms with Crippen LogP contribution in [0.4, 0.5) is 0 Å². The third kappa shape index (κ3) is 7.92. The summed E-state index contributed by atoms with van der Waals surface area (Å²) >= 11 is 0. The van der Waals surface area contributed by atoms with Crippen molar-refractivity contribution in [2.45, 2.75) is 24.4 Å². The zero-order valence-corrected chi connectivity index (χ0v) is 12.9. The predicted octanol–water partition coefficient (Wildman–Crippen LogP) is -7.32. The number of aliphatic hydroxyl groups is 4. The molecular weight excluding hydrogens is 285 g/mol. The zero-order chi connectivity index (χ0) is 12.9. The molecule has 0 aliphatic carbocycles. The standard InChI is InChI=1S/C6H13NO8S.K/c8-1-3(7-16(13,14)15)5(11)6(12)4(10)2-9;/h1,3-7,9-12H,2H2,(H,13,14,15);/q;+1/p-1/t3-,4+,5+,6+;/m0./s1. The molecule has 0 bridgehead atoms. The second-order valence-electron chi connectivity index (χ2n) is 2.96. The third-order valence-corrected chi connectivity index (χ3v) is 2.29. The van der Waals surface area contributed by atoms with E-state index in [0.717, 1.165) is 0 Å². The monoisotopic (exact) mass is 297 g/mol. The number of hydrogen-bond donors (Lipinski definition) is 5. The molecule has 96 valence electrons. The van der Waals surface area contributed by atoms with Gasteiger partial charge in [-0.3, -0.25) is 0 Å². The first-order valence-corrected chi connectivity index (χ1v) is 5.47. The van der Waals surface area contributed by atoms with Gasteiger partial charge in [0.15, 0.2) is 10.3 Å².